The van der Waals surface area contributed by atoms with Gasteiger partial charge < -0.3 is 153 Å². The summed E-state index contributed by atoms with van der Waals surface area (Å²) in [5, 5.41) is 162. The highest BCUT2D eigenvalue weighted by Crippen LogP contribution is 2.50. The van der Waals surface area contributed by atoms with Gasteiger partial charge in [-0.25, -0.2) is 9.78 Å². The summed E-state index contributed by atoms with van der Waals surface area (Å²) in [7, 11) is 1.46. The number of thiazole rings is 1. The third-order valence-corrected chi connectivity index (χ3v) is 23.4. The number of phenolic OH excluding ortho intramolecular Hbond substituents is 3. The molecule has 8 aliphatic rings. The number of aromatic hydroxyl groups is 3. The van der Waals surface area contributed by atoms with E-state index < -0.39 is 279 Å². The maximum Gasteiger partial charge on any atom is 0.330 e. The monoisotopic (exact) mass is 1800 g/mol. The van der Waals surface area contributed by atoms with Gasteiger partial charge in [-0.1, -0.05) is 93.0 Å². The van der Waals surface area contributed by atoms with Crippen LogP contribution in [-0.2, 0) is 68.6 Å². The van der Waals surface area contributed by atoms with Crippen molar-refractivity contribution in [1.29, 1.82) is 0 Å². The third kappa shape index (κ3) is 20.5. The Hall–Kier alpha value is -10.5. The SMILES string of the molecule is C.CN[C@H](CC(C)C)C(=O)N[C@H]1C(=O)N[C@@H](CC(N)=O)C(=O)N[C@H]2C(=O)N[C@H]3C(=O)N[C@H](C(=O)N[C@@H](C(=O)O)c4cc(O)cc(O)c4-c4cc3ccc4O)[C@H](OC3C[C@](C)(N)[C@@H](O)[C@H](C)O3)c3ccc(c(Cl)c3)Oc3cc2cc(c3O[C@@H]2O[C@H](CO)[C@@H](O[C@@H]3O[C@H](CNCc4csc(-c5ccccc5)n4)[C@H](O)[C@H](O)[C@H]3O)[C@H](O)[C@H]2O)Oc2ccc(cc2Cl)[C@H]1O. The number of nitrogens with one attached hydrogen (secondary N) is 8. The van der Waals surface area contributed by atoms with Crippen LogP contribution in [0.1, 0.15) is 118 Å². The van der Waals surface area contributed by atoms with Gasteiger partial charge in [0.1, 0.15) is 125 Å². The fourth-order valence-electron chi connectivity index (χ4n) is 15.4. The summed E-state index contributed by atoms with van der Waals surface area (Å²) in [6.07, 6.45) is -29.1. The topological polar surface area (TPSA) is 614 Å². The van der Waals surface area contributed by atoms with Crippen LogP contribution < -0.4 is 68.2 Å². The number of aromatic nitrogens is 1. The van der Waals surface area contributed by atoms with E-state index in [0.717, 1.165) is 77.3 Å². The predicted octanol–water partition coefficient (Wildman–Crippen LogP) is 1.49. The number of nitrogens with two attached hydrogens (primary N) is 2. The van der Waals surface area contributed by atoms with E-state index in [1.807, 2.05) is 35.7 Å². The molecule has 39 nitrogen and oxygen atoms in total. The number of rotatable bonds is 20. The lowest BCUT2D eigenvalue weighted by molar-refractivity contribution is -0.350. The Balaban J connectivity index is 0.0000142. The number of hydrogen-bond acceptors (Lipinski definition) is 32. The standard InChI is InChI=1S/C82H93Cl2N11O28S.CH4/c1-31(2)17-44(87-5)72(108)94-60-62(101)35-12-15-48(42(83)19-35)117-50-21-37-22-51(69(50)122-81-67(106)65(104)70(53(29-96)120-81)123-80-66(105)64(103)63(102)52(119-80)28-88-27-38-30-124-78(89-38)33-9-7-6-8-10-33)118-49-16-13-36(20-43(49)84)68(121-55-26-82(4,86)71(107)32(3)116-55)61-77(113)93-59(79(114)115)41-23-39(97)24-47(99)56(41)40-18-34(11-14-46(40)98)57(74(110)95-61)92-75(111)58(37)91-73(109)45(25-54(85)100)90-76(60)112;/h6-16,18-24,30-32,44-45,52-53,55,57-68,70-71,80-81,87-88,96-99,101-107H,17,25-29,86H2,1-5H3,(H2,85,100)(H,90,112)(H,91,109)(H,92,111)(H,93,113)(H,94,108)(H,95,110)(H,114,115);1H4/t32-,44+,45-,52+,53+,55?,57+,58+,59+,60+,61-,62+,63-,64-,65+,66+,67+,68+,70+,71-,80-,81-,82-;/m0./s1. The Morgan fingerprint density at radius 2 is 1.32 bits per heavy atom. The molecule has 0 radical (unpaired) electrons. The van der Waals surface area contributed by atoms with Crippen molar-refractivity contribution >= 4 is 81.9 Å². The van der Waals surface area contributed by atoms with Gasteiger partial charge in [-0.2, -0.15) is 0 Å². The number of aliphatic hydroxyl groups is 8. The molecule has 0 saturated carbocycles. The van der Waals surface area contributed by atoms with Crippen LogP contribution in [-0.4, -0.2) is 243 Å². The van der Waals surface area contributed by atoms with Crippen molar-refractivity contribution in [1.82, 2.24) is 47.5 Å². The minimum Gasteiger partial charge on any atom is -0.508 e. The van der Waals surface area contributed by atoms with E-state index in [9.17, 15) is 75.7 Å². The van der Waals surface area contributed by atoms with Crippen molar-refractivity contribution in [2.75, 3.05) is 20.2 Å². The maximum absolute atomic E-state index is 16.4. The van der Waals surface area contributed by atoms with Gasteiger partial charge in [0.2, 0.25) is 53.4 Å². The molecule has 3 saturated heterocycles. The van der Waals surface area contributed by atoms with Crippen LogP contribution in [0.4, 0.5) is 0 Å². The van der Waals surface area contributed by atoms with E-state index in [2.05, 4.69) is 47.5 Å². The smallest absolute Gasteiger partial charge is 0.330 e. The number of likely N-dealkylation sites (N-methyl/N-ethyl adjacent to an activating group) is 1. The highest BCUT2D eigenvalue weighted by atomic mass is 35.5. The van der Waals surface area contributed by atoms with Crippen molar-refractivity contribution in [3.63, 3.8) is 0 Å². The molecule has 672 valence electrons. The van der Waals surface area contributed by atoms with Gasteiger partial charge in [0, 0.05) is 58.7 Å². The molecule has 7 amide bonds. The lowest BCUT2D eigenvalue weighted by Crippen LogP contribution is -2.65. The van der Waals surface area contributed by atoms with Crippen molar-refractivity contribution in [2.45, 2.75) is 201 Å². The summed E-state index contributed by atoms with van der Waals surface area (Å²) in [6.45, 7) is 5.38. The van der Waals surface area contributed by atoms with Crippen molar-refractivity contribution in [3.05, 3.63) is 158 Å². The molecule has 15 rings (SSSR count). The van der Waals surface area contributed by atoms with E-state index in [1.165, 1.54) is 44.4 Å². The average Bonchev–Trinajstić information content (AvgIpc) is 1.51. The molecule has 24 N–H and O–H groups in total. The lowest BCUT2D eigenvalue weighted by atomic mass is 9.86. The summed E-state index contributed by atoms with van der Waals surface area (Å²) in [6, 6.07) is 8.38. The molecular weight excluding hydrogens is 1700 g/mol. The number of hydrogen-bond donors (Lipinski definition) is 22. The number of fused-ring (bicyclic) bond motifs is 15. The molecule has 6 aromatic carbocycles. The van der Waals surface area contributed by atoms with Crippen LogP contribution in [0.25, 0.3) is 21.7 Å². The van der Waals surface area contributed by atoms with E-state index in [4.69, 9.17) is 72.6 Å². The molecule has 7 aromatic rings. The number of halogens is 2. The second-order valence-corrected chi connectivity index (χ2v) is 33.2. The molecule has 11 bridgehead atoms. The maximum atomic E-state index is 16.4. The van der Waals surface area contributed by atoms with Crippen LogP contribution in [0, 0.1) is 5.92 Å². The van der Waals surface area contributed by atoms with Gasteiger partial charge in [-0.15, -0.1) is 11.3 Å². The molecule has 3 fully saturated rings. The minimum absolute atomic E-state index is 0. The number of ether oxygens (including phenoxy) is 8. The van der Waals surface area contributed by atoms with Crippen molar-refractivity contribution in [3.8, 4) is 67.7 Å². The number of phenols is 3. The van der Waals surface area contributed by atoms with E-state index >= 15 is 24.0 Å². The fourth-order valence-corrected chi connectivity index (χ4v) is 16.7. The van der Waals surface area contributed by atoms with E-state index in [-0.39, 0.29) is 56.0 Å². The Morgan fingerprint density at radius 1 is 0.688 bits per heavy atom. The van der Waals surface area contributed by atoms with Gasteiger partial charge in [-0.05, 0) is 110 Å². The number of aliphatic carboxylic acids is 1. The average molecular weight is 1800 g/mol. The number of carbonyl (C=O) groups excluding carboxylic acids is 7. The zero-order valence-electron chi connectivity index (χ0n) is 66.7. The van der Waals surface area contributed by atoms with Crippen LogP contribution >= 0.6 is 34.5 Å². The second kappa shape index (κ2) is 39.1. The molecule has 1 aromatic heterocycles. The first-order valence-electron chi connectivity index (χ1n) is 39.2. The van der Waals surface area contributed by atoms with Crippen LogP contribution in [0.3, 0.4) is 0 Å². The molecule has 125 heavy (non-hydrogen) atoms. The summed E-state index contributed by atoms with van der Waals surface area (Å²) in [4.78, 5) is 125. The Labute approximate surface area is 727 Å². The van der Waals surface area contributed by atoms with Gasteiger partial charge in [-0.3, -0.25) is 33.6 Å². The number of benzene rings is 6. The Bertz CT molecular complexity index is 5170. The van der Waals surface area contributed by atoms with E-state index in [1.54, 1.807) is 13.8 Å². The largest absolute Gasteiger partial charge is 0.508 e. The highest BCUT2D eigenvalue weighted by Gasteiger charge is 2.53. The normalized spacial score (nSPS) is 29.7. The van der Waals surface area contributed by atoms with Crippen molar-refractivity contribution < 1.29 is 138 Å². The number of carboxylic acid groups (broad SMARTS) is 1. The first-order valence-corrected chi connectivity index (χ1v) is 40.9. The molecular formula is C83H97Cl2N11O28S. The number of primary amides is 1. The summed E-state index contributed by atoms with van der Waals surface area (Å²) < 4.78 is 51.2. The zero-order chi connectivity index (χ0) is 89.4. The minimum atomic E-state index is -2.42. The van der Waals surface area contributed by atoms with E-state index in [0.29, 0.717) is 5.69 Å². The first-order chi connectivity index (χ1) is 58.9. The number of aliphatic hydroxyl groups excluding tert-OH is 8. The molecule has 9 heterocycles. The first kappa shape index (κ1) is 93.6. The molecule has 42 heteroatoms. The van der Waals surface area contributed by atoms with Gasteiger partial charge in [0.15, 0.2) is 30.1 Å². The number of nitrogens with zero attached hydrogens (tertiary/aromatic N) is 1. The summed E-state index contributed by atoms with van der Waals surface area (Å²) >= 11 is 15.9. The van der Waals surface area contributed by atoms with Crippen LogP contribution in [0.5, 0.6) is 46.0 Å². The number of carbonyl (C=O) groups is 8. The third-order valence-electron chi connectivity index (χ3n) is 21.9. The summed E-state index contributed by atoms with van der Waals surface area (Å²) in [5.41, 5.74) is 9.49. The molecule has 8 aliphatic heterocycles. The van der Waals surface area contributed by atoms with Gasteiger partial charge in [0.05, 0.1) is 47.0 Å². The zero-order valence-corrected chi connectivity index (χ0v) is 69.0. The Kier molecular flexibility index (Phi) is 29.3. The number of amides is 7. The van der Waals surface area contributed by atoms with Crippen LogP contribution in [0.2, 0.25) is 10.0 Å². The summed E-state index contributed by atoms with van der Waals surface area (Å²) in [5.74, 6) is -16.6. The van der Waals surface area contributed by atoms with Crippen LogP contribution in [0.15, 0.2) is 115 Å². The highest BCUT2D eigenvalue weighted by molar-refractivity contribution is 7.13. The lowest BCUT2D eigenvalue weighted by Gasteiger charge is -2.46. The number of carboxylic acids is 1. The molecule has 1 unspecified atom stereocenters. The predicted molar refractivity (Wildman–Crippen MR) is 441 cm³/mol. The van der Waals surface area contributed by atoms with Crippen molar-refractivity contribution in [2.24, 2.45) is 17.4 Å². The van der Waals surface area contributed by atoms with Gasteiger partial charge in [0.25, 0.3) is 0 Å². The molecule has 0 aliphatic carbocycles. The molecule has 0 spiro atoms. The second-order valence-electron chi connectivity index (χ2n) is 31.5. The Morgan fingerprint density at radius 3 is 1.96 bits per heavy atom. The quantitative estimate of drug-likeness (QED) is 0.0514. The fraction of sp³-hybridized carbons (Fsp3) is 0.434. The van der Waals surface area contributed by atoms with Gasteiger partial charge >= 0.3 is 5.97 Å². The molecule has 23 atom stereocenters.